The van der Waals surface area contributed by atoms with Crippen LogP contribution in [-0.2, 0) is 4.74 Å². The van der Waals surface area contributed by atoms with Gasteiger partial charge in [-0.15, -0.1) is 0 Å². The van der Waals surface area contributed by atoms with Gasteiger partial charge < -0.3 is 10.1 Å². The molecule has 7 heteroatoms. The van der Waals surface area contributed by atoms with E-state index in [4.69, 9.17) is 17.0 Å². The summed E-state index contributed by atoms with van der Waals surface area (Å²) in [6.07, 6.45) is 0. The Morgan fingerprint density at radius 1 is 1.45 bits per heavy atom. The molecule has 0 radical (unpaired) electrons. The molecular formula is C13H17F2N3OS. The molecule has 0 aromatic heterocycles. The van der Waals surface area contributed by atoms with E-state index in [-0.39, 0.29) is 16.7 Å². The standard InChI is InChI=1S/C13H17F2N3OS/c1-8(7-19-3)16-13(20)18-17-9(2)11-6-10(14)4-5-12(11)15/h4-6,8H,7H2,1-3H3,(H2,16,18,20)/b17-9-/t8-/m0/s1. The zero-order valence-electron chi connectivity index (χ0n) is 11.5. The van der Waals surface area contributed by atoms with Gasteiger partial charge in [-0.05, 0) is 44.3 Å². The highest BCUT2D eigenvalue weighted by Crippen LogP contribution is 2.10. The average molecular weight is 301 g/mol. The van der Waals surface area contributed by atoms with Crippen molar-refractivity contribution >= 4 is 23.0 Å². The molecule has 0 aliphatic rings. The third-order valence-corrected chi connectivity index (χ3v) is 2.65. The number of hydrogen-bond acceptors (Lipinski definition) is 3. The second-order valence-electron chi connectivity index (χ2n) is 4.26. The third-order valence-electron chi connectivity index (χ3n) is 2.44. The van der Waals surface area contributed by atoms with Gasteiger partial charge >= 0.3 is 0 Å². The van der Waals surface area contributed by atoms with Crippen LogP contribution in [0.2, 0.25) is 0 Å². The molecule has 0 saturated carbocycles. The van der Waals surface area contributed by atoms with Gasteiger partial charge in [0, 0.05) is 18.7 Å². The van der Waals surface area contributed by atoms with Gasteiger partial charge in [0.1, 0.15) is 11.6 Å². The zero-order chi connectivity index (χ0) is 15.1. The number of nitrogens with zero attached hydrogens (tertiary/aromatic N) is 1. The Balaban J connectivity index is 2.65. The number of hydrazone groups is 1. The van der Waals surface area contributed by atoms with Gasteiger partial charge in [-0.2, -0.15) is 5.10 Å². The normalized spacial score (nSPS) is 12.9. The first kappa shape index (κ1) is 16.5. The van der Waals surface area contributed by atoms with Crippen LogP contribution in [0, 0.1) is 11.6 Å². The molecule has 0 aliphatic carbocycles. The molecule has 0 unspecified atom stereocenters. The first-order valence-corrected chi connectivity index (χ1v) is 6.40. The SMILES string of the molecule is COC[C@H](C)NC(=S)N/N=C(/C)c1cc(F)ccc1F. The lowest BCUT2D eigenvalue weighted by atomic mass is 10.1. The fraction of sp³-hybridized carbons (Fsp3) is 0.385. The molecule has 0 bridgehead atoms. The maximum atomic E-state index is 13.5. The lowest BCUT2D eigenvalue weighted by Gasteiger charge is -2.14. The van der Waals surface area contributed by atoms with Crippen molar-refractivity contribution < 1.29 is 13.5 Å². The maximum Gasteiger partial charge on any atom is 0.187 e. The van der Waals surface area contributed by atoms with Gasteiger partial charge in [-0.1, -0.05) is 0 Å². The first-order chi connectivity index (χ1) is 9.43. The number of hydrogen-bond donors (Lipinski definition) is 2. The summed E-state index contributed by atoms with van der Waals surface area (Å²) in [6.45, 7) is 3.94. The Hall–Kier alpha value is -1.60. The molecule has 20 heavy (non-hydrogen) atoms. The highest BCUT2D eigenvalue weighted by Gasteiger charge is 2.08. The third kappa shape index (κ3) is 5.18. The van der Waals surface area contributed by atoms with E-state index >= 15 is 0 Å². The van der Waals surface area contributed by atoms with Crippen LogP contribution in [0.4, 0.5) is 8.78 Å². The quantitative estimate of drug-likeness (QED) is 0.497. The minimum Gasteiger partial charge on any atom is -0.383 e. The number of halogens is 2. The average Bonchev–Trinajstić information content (AvgIpc) is 2.39. The van der Waals surface area contributed by atoms with Crippen LogP contribution in [-0.4, -0.2) is 30.6 Å². The van der Waals surface area contributed by atoms with Crippen molar-refractivity contribution in [3.63, 3.8) is 0 Å². The molecule has 1 rings (SSSR count). The van der Waals surface area contributed by atoms with Crippen molar-refractivity contribution in [2.45, 2.75) is 19.9 Å². The fourth-order valence-corrected chi connectivity index (χ4v) is 1.76. The van der Waals surface area contributed by atoms with Crippen LogP contribution < -0.4 is 10.7 Å². The summed E-state index contributed by atoms with van der Waals surface area (Å²) in [5.74, 6) is -1.06. The summed E-state index contributed by atoms with van der Waals surface area (Å²) in [5.41, 5.74) is 2.97. The summed E-state index contributed by atoms with van der Waals surface area (Å²) in [6, 6.07) is 3.21. The predicted molar refractivity (Wildman–Crippen MR) is 78.8 cm³/mol. The van der Waals surface area contributed by atoms with Crippen LogP contribution in [0.5, 0.6) is 0 Å². The lowest BCUT2D eigenvalue weighted by molar-refractivity contribution is 0.179. The van der Waals surface area contributed by atoms with Crippen molar-refractivity contribution in [2.75, 3.05) is 13.7 Å². The maximum absolute atomic E-state index is 13.5. The van der Waals surface area contributed by atoms with Crippen molar-refractivity contribution in [1.82, 2.24) is 10.7 Å². The second kappa shape index (κ2) is 7.86. The lowest BCUT2D eigenvalue weighted by Crippen LogP contribution is -2.40. The van der Waals surface area contributed by atoms with E-state index in [9.17, 15) is 8.78 Å². The Morgan fingerprint density at radius 3 is 2.80 bits per heavy atom. The van der Waals surface area contributed by atoms with Gasteiger partial charge in [0.25, 0.3) is 0 Å². The number of rotatable bonds is 5. The number of ether oxygens (including phenoxy) is 1. The van der Waals surface area contributed by atoms with E-state index in [1.54, 1.807) is 14.0 Å². The Morgan fingerprint density at radius 2 is 2.15 bits per heavy atom. The van der Waals surface area contributed by atoms with Crippen LogP contribution in [0.1, 0.15) is 19.4 Å². The topological polar surface area (TPSA) is 45.6 Å². The van der Waals surface area contributed by atoms with Gasteiger partial charge in [-0.3, -0.25) is 5.43 Å². The summed E-state index contributed by atoms with van der Waals surface area (Å²) >= 11 is 5.02. The first-order valence-electron chi connectivity index (χ1n) is 5.99. The largest absolute Gasteiger partial charge is 0.383 e. The summed E-state index contributed by atoms with van der Waals surface area (Å²) < 4.78 is 31.5. The van der Waals surface area contributed by atoms with Crippen LogP contribution in [0.25, 0.3) is 0 Å². The number of methoxy groups -OCH3 is 1. The molecule has 1 atom stereocenters. The molecule has 1 aromatic carbocycles. The smallest absolute Gasteiger partial charge is 0.187 e. The molecule has 0 heterocycles. The summed E-state index contributed by atoms with van der Waals surface area (Å²) in [5, 5.41) is 7.14. The van der Waals surface area contributed by atoms with Crippen molar-refractivity contribution in [1.29, 1.82) is 0 Å². The van der Waals surface area contributed by atoms with Crippen LogP contribution in [0.15, 0.2) is 23.3 Å². The van der Waals surface area contributed by atoms with E-state index in [0.29, 0.717) is 12.3 Å². The molecule has 0 spiro atoms. The number of benzene rings is 1. The Kier molecular flexibility index (Phi) is 6.47. The van der Waals surface area contributed by atoms with Crippen molar-refractivity contribution in [2.24, 2.45) is 5.10 Å². The van der Waals surface area contributed by atoms with E-state index in [0.717, 1.165) is 18.2 Å². The van der Waals surface area contributed by atoms with Gasteiger partial charge in [-0.25, -0.2) is 8.78 Å². The number of thiocarbonyl (C=S) groups is 1. The highest BCUT2D eigenvalue weighted by atomic mass is 32.1. The molecule has 0 amide bonds. The second-order valence-corrected chi connectivity index (χ2v) is 4.67. The van der Waals surface area contributed by atoms with Gasteiger partial charge in [0.05, 0.1) is 12.3 Å². The van der Waals surface area contributed by atoms with Crippen molar-refractivity contribution in [3.8, 4) is 0 Å². The van der Waals surface area contributed by atoms with Crippen LogP contribution in [0.3, 0.4) is 0 Å². The molecule has 4 nitrogen and oxygen atoms in total. The predicted octanol–water partition coefficient (Wildman–Crippen LogP) is 2.19. The van der Waals surface area contributed by atoms with E-state index < -0.39 is 11.6 Å². The van der Waals surface area contributed by atoms with Gasteiger partial charge in [0.2, 0.25) is 0 Å². The fourth-order valence-electron chi connectivity index (χ4n) is 1.52. The monoisotopic (exact) mass is 301 g/mol. The molecule has 2 N–H and O–H groups in total. The number of nitrogens with one attached hydrogen (secondary N) is 2. The molecule has 0 saturated heterocycles. The van der Waals surface area contributed by atoms with E-state index in [1.165, 1.54) is 0 Å². The zero-order valence-corrected chi connectivity index (χ0v) is 12.4. The Labute approximate surface area is 122 Å². The Bertz CT molecular complexity index is 508. The molecule has 0 aliphatic heterocycles. The van der Waals surface area contributed by atoms with Crippen molar-refractivity contribution in [3.05, 3.63) is 35.4 Å². The summed E-state index contributed by atoms with van der Waals surface area (Å²) in [4.78, 5) is 0. The highest BCUT2D eigenvalue weighted by molar-refractivity contribution is 7.80. The van der Waals surface area contributed by atoms with E-state index in [1.807, 2.05) is 6.92 Å². The molecule has 110 valence electrons. The van der Waals surface area contributed by atoms with Gasteiger partial charge in [0.15, 0.2) is 5.11 Å². The molecule has 0 fully saturated rings. The molecule has 1 aromatic rings. The minimum atomic E-state index is -0.541. The molecular weight excluding hydrogens is 284 g/mol. The van der Waals surface area contributed by atoms with Crippen LogP contribution >= 0.6 is 12.2 Å². The summed E-state index contributed by atoms with van der Waals surface area (Å²) in [7, 11) is 1.59. The van der Waals surface area contributed by atoms with E-state index in [2.05, 4.69) is 15.8 Å². The minimum absolute atomic E-state index is 0.0152.